The summed E-state index contributed by atoms with van der Waals surface area (Å²) < 4.78 is 16.4. The number of ether oxygens (including phenoxy) is 2. The van der Waals surface area contributed by atoms with Gasteiger partial charge in [-0.2, -0.15) is 0 Å². The Balaban J connectivity index is 2.14. The highest BCUT2D eigenvalue weighted by Crippen LogP contribution is 2.10. The van der Waals surface area contributed by atoms with E-state index in [9.17, 15) is 0 Å². The summed E-state index contributed by atoms with van der Waals surface area (Å²) in [5, 5.41) is 0. The predicted molar refractivity (Wildman–Crippen MR) is 67.8 cm³/mol. The summed E-state index contributed by atoms with van der Waals surface area (Å²) in [5.41, 5.74) is 1.09. The van der Waals surface area contributed by atoms with Crippen molar-refractivity contribution in [3.8, 4) is 0 Å². The van der Waals surface area contributed by atoms with Crippen molar-refractivity contribution < 1.29 is 13.9 Å². The average molecular weight is 240 g/mol. The first-order chi connectivity index (χ1) is 8.36. The van der Waals surface area contributed by atoms with E-state index in [1.165, 1.54) is 6.42 Å². The summed E-state index contributed by atoms with van der Waals surface area (Å²) in [6.45, 7) is 7.14. The Bertz CT molecular complexity index is 254. The quantitative estimate of drug-likeness (QED) is 0.581. The smallest absolute Gasteiger partial charge is 0.129 e. The minimum Gasteiger partial charge on any atom is -0.467 e. The van der Waals surface area contributed by atoms with Gasteiger partial charge in [-0.15, -0.1) is 0 Å². The Hall–Kier alpha value is -0.800. The summed E-state index contributed by atoms with van der Waals surface area (Å²) >= 11 is 0. The number of rotatable bonds is 10. The van der Waals surface area contributed by atoms with Crippen LogP contribution in [0.1, 0.15) is 50.9 Å². The van der Waals surface area contributed by atoms with E-state index in [1.54, 1.807) is 6.26 Å². The van der Waals surface area contributed by atoms with Gasteiger partial charge in [-0.25, -0.2) is 0 Å². The van der Waals surface area contributed by atoms with Gasteiger partial charge in [0, 0.05) is 18.8 Å². The fourth-order valence-electron chi connectivity index (χ4n) is 1.43. The van der Waals surface area contributed by atoms with E-state index in [-0.39, 0.29) is 0 Å². The van der Waals surface area contributed by atoms with E-state index in [2.05, 4.69) is 13.8 Å². The van der Waals surface area contributed by atoms with E-state index in [4.69, 9.17) is 13.9 Å². The topological polar surface area (TPSA) is 31.6 Å². The molecule has 1 aromatic rings. The second kappa shape index (κ2) is 9.25. The van der Waals surface area contributed by atoms with Gasteiger partial charge in [0.05, 0.1) is 12.9 Å². The molecule has 0 aliphatic rings. The number of hydrogen-bond donors (Lipinski definition) is 0. The monoisotopic (exact) mass is 240 g/mol. The zero-order chi connectivity index (χ0) is 12.3. The molecule has 17 heavy (non-hydrogen) atoms. The van der Waals surface area contributed by atoms with Crippen molar-refractivity contribution >= 4 is 0 Å². The second-order valence-corrected chi connectivity index (χ2v) is 4.23. The Morgan fingerprint density at radius 3 is 2.29 bits per heavy atom. The van der Waals surface area contributed by atoms with Crippen LogP contribution in [-0.2, 0) is 22.7 Å². The van der Waals surface area contributed by atoms with E-state index in [0.29, 0.717) is 13.2 Å². The van der Waals surface area contributed by atoms with Crippen molar-refractivity contribution in [3.63, 3.8) is 0 Å². The number of unbranched alkanes of at least 4 members (excludes halogenated alkanes) is 2. The van der Waals surface area contributed by atoms with E-state index < -0.39 is 0 Å². The molecular formula is C14H24O3. The average Bonchev–Trinajstić information content (AvgIpc) is 2.78. The highest BCUT2D eigenvalue weighted by molar-refractivity contribution is 5.11. The van der Waals surface area contributed by atoms with E-state index >= 15 is 0 Å². The molecule has 0 unspecified atom stereocenters. The molecule has 0 aliphatic heterocycles. The van der Waals surface area contributed by atoms with Crippen LogP contribution in [0.2, 0.25) is 0 Å². The van der Waals surface area contributed by atoms with Crippen LogP contribution in [0.4, 0.5) is 0 Å². The molecule has 0 bridgehead atoms. The molecule has 1 rings (SSSR count). The predicted octanol–water partition coefficient (Wildman–Crippen LogP) is 3.91. The van der Waals surface area contributed by atoms with Crippen LogP contribution in [0.15, 0.2) is 16.7 Å². The van der Waals surface area contributed by atoms with Gasteiger partial charge in [0.15, 0.2) is 0 Å². The lowest BCUT2D eigenvalue weighted by Gasteiger charge is -2.00. The molecule has 0 saturated heterocycles. The second-order valence-electron chi connectivity index (χ2n) is 4.23. The van der Waals surface area contributed by atoms with Crippen LogP contribution in [0.3, 0.4) is 0 Å². The fraction of sp³-hybridized carbons (Fsp3) is 0.714. The standard InChI is InChI=1S/C14H24O3/c1-3-5-7-15-10-13-9-14(17-11-13)12-16-8-6-4-2/h9,11H,3-8,10,12H2,1-2H3. The van der Waals surface area contributed by atoms with Gasteiger partial charge >= 0.3 is 0 Å². The molecule has 0 amide bonds. The Kier molecular flexibility index (Phi) is 7.76. The van der Waals surface area contributed by atoms with Crippen molar-refractivity contribution in [1.29, 1.82) is 0 Å². The van der Waals surface area contributed by atoms with Gasteiger partial charge < -0.3 is 13.9 Å². The van der Waals surface area contributed by atoms with Crippen molar-refractivity contribution in [2.75, 3.05) is 13.2 Å². The molecule has 0 aromatic carbocycles. The van der Waals surface area contributed by atoms with Crippen LogP contribution in [0.5, 0.6) is 0 Å². The summed E-state index contributed by atoms with van der Waals surface area (Å²) in [6, 6.07) is 2.01. The van der Waals surface area contributed by atoms with Crippen molar-refractivity contribution in [1.82, 2.24) is 0 Å². The van der Waals surface area contributed by atoms with Gasteiger partial charge in [-0.05, 0) is 18.9 Å². The largest absolute Gasteiger partial charge is 0.467 e. The first kappa shape index (κ1) is 14.3. The Labute approximate surface area is 104 Å². The third-order valence-corrected chi connectivity index (χ3v) is 2.51. The molecule has 1 heterocycles. The molecule has 0 spiro atoms. The summed E-state index contributed by atoms with van der Waals surface area (Å²) in [7, 11) is 0. The maximum absolute atomic E-state index is 5.52. The maximum atomic E-state index is 5.52. The molecule has 1 aromatic heterocycles. The zero-order valence-corrected chi connectivity index (χ0v) is 11.0. The van der Waals surface area contributed by atoms with E-state index in [0.717, 1.165) is 43.8 Å². The molecule has 3 heteroatoms. The van der Waals surface area contributed by atoms with Gasteiger partial charge in [0.2, 0.25) is 0 Å². The highest BCUT2D eigenvalue weighted by Gasteiger charge is 2.02. The summed E-state index contributed by atoms with van der Waals surface area (Å²) in [6.07, 6.45) is 6.31. The lowest BCUT2D eigenvalue weighted by molar-refractivity contribution is 0.104. The van der Waals surface area contributed by atoms with Crippen LogP contribution in [0.25, 0.3) is 0 Å². The molecule has 98 valence electrons. The van der Waals surface area contributed by atoms with Crippen molar-refractivity contribution in [2.45, 2.75) is 52.7 Å². The molecule has 0 aliphatic carbocycles. The SMILES string of the molecule is CCCCOCc1coc(COCCCC)c1. The molecule has 3 nitrogen and oxygen atoms in total. The number of furan rings is 1. The molecule has 0 saturated carbocycles. The minimum absolute atomic E-state index is 0.564. The third kappa shape index (κ3) is 6.49. The highest BCUT2D eigenvalue weighted by atomic mass is 16.5. The molecule has 0 atom stereocenters. The molecular weight excluding hydrogens is 216 g/mol. The van der Waals surface area contributed by atoms with Gasteiger partial charge in [-0.1, -0.05) is 26.7 Å². The van der Waals surface area contributed by atoms with Crippen molar-refractivity contribution in [3.05, 3.63) is 23.7 Å². The van der Waals surface area contributed by atoms with E-state index in [1.807, 2.05) is 6.07 Å². The minimum atomic E-state index is 0.564. The molecule has 0 fully saturated rings. The summed E-state index contributed by atoms with van der Waals surface area (Å²) in [5.74, 6) is 0.884. The Morgan fingerprint density at radius 2 is 1.65 bits per heavy atom. The third-order valence-electron chi connectivity index (χ3n) is 2.51. The molecule has 0 N–H and O–H groups in total. The van der Waals surface area contributed by atoms with Crippen LogP contribution in [-0.4, -0.2) is 13.2 Å². The van der Waals surface area contributed by atoms with Gasteiger partial charge in [-0.3, -0.25) is 0 Å². The van der Waals surface area contributed by atoms with Crippen LogP contribution < -0.4 is 0 Å². The van der Waals surface area contributed by atoms with Gasteiger partial charge in [0.25, 0.3) is 0 Å². The normalized spacial score (nSPS) is 10.9. The first-order valence-electron chi connectivity index (χ1n) is 6.58. The fourth-order valence-corrected chi connectivity index (χ4v) is 1.43. The van der Waals surface area contributed by atoms with Crippen LogP contribution >= 0.6 is 0 Å². The molecule has 0 radical (unpaired) electrons. The summed E-state index contributed by atoms with van der Waals surface area (Å²) in [4.78, 5) is 0. The lowest BCUT2D eigenvalue weighted by atomic mass is 10.3. The Morgan fingerprint density at radius 1 is 1.00 bits per heavy atom. The maximum Gasteiger partial charge on any atom is 0.129 e. The van der Waals surface area contributed by atoms with Crippen LogP contribution in [0, 0.1) is 0 Å². The zero-order valence-electron chi connectivity index (χ0n) is 11.0. The lowest BCUT2D eigenvalue weighted by Crippen LogP contribution is -1.94. The van der Waals surface area contributed by atoms with Crippen molar-refractivity contribution in [2.24, 2.45) is 0 Å². The first-order valence-corrected chi connectivity index (χ1v) is 6.58. The number of hydrogen-bond acceptors (Lipinski definition) is 3. The van der Waals surface area contributed by atoms with Gasteiger partial charge in [0.1, 0.15) is 12.4 Å².